The Labute approximate surface area is 116 Å². The van der Waals surface area contributed by atoms with Crippen LogP contribution < -0.4 is 10.1 Å². The number of hydrogen-bond donors (Lipinski definition) is 1. The Morgan fingerprint density at radius 1 is 1.47 bits per heavy atom. The van der Waals surface area contributed by atoms with E-state index in [1.54, 1.807) is 23.5 Å². The summed E-state index contributed by atoms with van der Waals surface area (Å²) in [6, 6.07) is 5.29. The predicted molar refractivity (Wildman–Crippen MR) is 75.3 cm³/mol. The molecule has 0 bridgehead atoms. The molecule has 0 fully saturated rings. The average Bonchev–Trinajstić information content (AvgIpc) is 2.84. The Kier molecular flexibility index (Phi) is 4.50. The Hall–Kier alpha value is -1.46. The van der Waals surface area contributed by atoms with Gasteiger partial charge in [0.15, 0.2) is 11.6 Å². The second-order valence-corrected chi connectivity index (χ2v) is 5.53. The highest BCUT2D eigenvalue weighted by molar-refractivity contribution is 7.11. The van der Waals surface area contributed by atoms with Crippen LogP contribution in [0, 0.1) is 12.7 Å². The molecular formula is C14H17FN2OS. The van der Waals surface area contributed by atoms with Gasteiger partial charge in [-0.15, -0.1) is 11.3 Å². The van der Waals surface area contributed by atoms with E-state index in [0.29, 0.717) is 12.0 Å². The number of rotatable bonds is 5. The molecule has 0 saturated heterocycles. The first-order valence-corrected chi connectivity index (χ1v) is 6.88. The molecule has 0 aliphatic heterocycles. The smallest absolute Gasteiger partial charge is 0.168 e. The lowest BCUT2D eigenvalue weighted by Gasteiger charge is -2.15. The first kappa shape index (κ1) is 14.0. The standard InChI is InChI=1S/C14H17FN2OS/c1-9-17-8-13(19-9)11(16-2)7-10-5-4-6-12(18-3)14(10)15/h4-6,8,11,16H,7H2,1-3H3. The molecule has 0 amide bonds. The van der Waals surface area contributed by atoms with Crippen LogP contribution in [0.1, 0.15) is 21.5 Å². The fourth-order valence-corrected chi connectivity index (χ4v) is 2.87. The number of benzene rings is 1. The monoisotopic (exact) mass is 280 g/mol. The van der Waals surface area contributed by atoms with Gasteiger partial charge in [-0.1, -0.05) is 12.1 Å². The third-order valence-corrected chi connectivity index (χ3v) is 4.04. The molecule has 1 unspecified atom stereocenters. The molecule has 0 spiro atoms. The molecule has 2 rings (SSSR count). The maximum Gasteiger partial charge on any atom is 0.168 e. The molecule has 3 nitrogen and oxygen atoms in total. The summed E-state index contributed by atoms with van der Waals surface area (Å²) in [6.45, 7) is 1.97. The Balaban J connectivity index is 2.23. The molecule has 5 heteroatoms. The van der Waals surface area contributed by atoms with Gasteiger partial charge in [-0.3, -0.25) is 0 Å². The summed E-state index contributed by atoms with van der Waals surface area (Å²) < 4.78 is 19.1. The summed E-state index contributed by atoms with van der Waals surface area (Å²) in [6.07, 6.45) is 2.42. The molecule has 1 heterocycles. The van der Waals surface area contributed by atoms with Gasteiger partial charge in [-0.2, -0.15) is 0 Å². The van der Waals surface area contributed by atoms with Crippen LogP contribution in [0.5, 0.6) is 5.75 Å². The van der Waals surface area contributed by atoms with Crippen molar-refractivity contribution in [2.24, 2.45) is 0 Å². The van der Waals surface area contributed by atoms with Gasteiger partial charge in [-0.25, -0.2) is 9.37 Å². The SMILES string of the molecule is CNC(Cc1cccc(OC)c1F)c1cnc(C)s1. The summed E-state index contributed by atoms with van der Waals surface area (Å²) in [7, 11) is 3.35. The average molecular weight is 280 g/mol. The topological polar surface area (TPSA) is 34.1 Å². The van der Waals surface area contributed by atoms with Gasteiger partial charge in [0.1, 0.15) is 0 Å². The Bertz CT molecular complexity index is 556. The molecule has 2 aromatic rings. The van der Waals surface area contributed by atoms with Crippen LogP contribution in [0.2, 0.25) is 0 Å². The van der Waals surface area contributed by atoms with Crippen LogP contribution in [0.15, 0.2) is 24.4 Å². The zero-order valence-electron chi connectivity index (χ0n) is 11.2. The second kappa shape index (κ2) is 6.12. The highest BCUT2D eigenvalue weighted by Gasteiger charge is 2.16. The van der Waals surface area contributed by atoms with Crippen molar-refractivity contribution < 1.29 is 9.13 Å². The van der Waals surface area contributed by atoms with Crippen LogP contribution in [0.4, 0.5) is 4.39 Å². The zero-order valence-corrected chi connectivity index (χ0v) is 12.1. The molecule has 1 aromatic heterocycles. The number of halogens is 1. The Morgan fingerprint density at radius 2 is 2.26 bits per heavy atom. The van der Waals surface area contributed by atoms with E-state index in [-0.39, 0.29) is 17.6 Å². The number of nitrogens with zero attached hydrogens (tertiary/aromatic N) is 1. The minimum absolute atomic E-state index is 0.0628. The van der Waals surface area contributed by atoms with Gasteiger partial charge in [0, 0.05) is 17.1 Å². The minimum atomic E-state index is -0.286. The van der Waals surface area contributed by atoms with Crippen LogP contribution in [0.3, 0.4) is 0 Å². The highest BCUT2D eigenvalue weighted by atomic mass is 32.1. The van der Waals surface area contributed by atoms with E-state index in [1.165, 1.54) is 7.11 Å². The molecule has 0 saturated carbocycles. The zero-order chi connectivity index (χ0) is 13.8. The van der Waals surface area contributed by atoms with Gasteiger partial charge in [0.25, 0.3) is 0 Å². The first-order chi connectivity index (χ1) is 9.15. The molecule has 102 valence electrons. The van der Waals surface area contributed by atoms with E-state index in [0.717, 1.165) is 9.88 Å². The molecular weight excluding hydrogens is 263 g/mol. The number of likely N-dealkylation sites (N-methyl/N-ethyl adjacent to an activating group) is 1. The second-order valence-electron chi connectivity index (χ2n) is 4.26. The molecule has 0 radical (unpaired) electrons. The van der Waals surface area contributed by atoms with Crippen LogP contribution >= 0.6 is 11.3 Å². The molecule has 0 aliphatic carbocycles. The number of methoxy groups -OCH3 is 1. The van der Waals surface area contributed by atoms with Crippen molar-refractivity contribution in [3.63, 3.8) is 0 Å². The lowest BCUT2D eigenvalue weighted by atomic mass is 10.0. The summed E-state index contributed by atoms with van der Waals surface area (Å²) in [4.78, 5) is 5.36. The van der Waals surface area contributed by atoms with Gasteiger partial charge in [0.05, 0.1) is 12.1 Å². The van der Waals surface area contributed by atoms with Crippen molar-refractivity contribution in [1.29, 1.82) is 0 Å². The van der Waals surface area contributed by atoms with Crippen molar-refractivity contribution in [2.75, 3.05) is 14.2 Å². The lowest BCUT2D eigenvalue weighted by Crippen LogP contribution is -2.18. The number of hydrogen-bond acceptors (Lipinski definition) is 4. The fourth-order valence-electron chi connectivity index (χ4n) is 1.98. The summed E-state index contributed by atoms with van der Waals surface area (Å²) in [5, 5.41) is 4.22. The lowest BCUT2D eigenvalue weighted by molar-refractivity contribution is 0.383. The Morgan fingerprint density at radius 3 is 2.84 bits per heavy atom. The van der Waals surface area contributed by atoms with E-state index in [4.69, 9.17) is 4.74 Å². The summed E-state index contributed by atoms with van der Waals surface area (Å²) >= 11 is 1.63. The summed E-state index contributed by atoms with van der Waals surface area (Å²) in [5.41, 5.74) is 0.643. The minimum Gasteiger partial charge on any atom is -0.494 e. The molecule has 1 aromatic carbocycles. The number of nitrogens with one attached hydrogen (secondary N) is 1. The number of aromatic nitrogens is 1. The number of aryl methyl sites for hydroxylation is 1. The maximum atomic E-state index is 14.1. The van der Waals surface area contributed by atoms with E-state index in [1.807, 2.05) is 26.2 Å². The molecule has 0 aliphatic rings. The van der Waals surface area contributed by atoms with Crippen LogP contribution in [-0.4, -0.2) is 19.1 Å². The van der Waals surface area contributed by atoms with Crippen molar-refractivity contribution in [3.05, 3.63) is 45.7 Å². The largest absolute Gasteiger partial charge is 0.494 e. The van der Waals surface area contributed by atoms with E-state index in [9.17, 15) is 4.39 Å². The van der Waals surface area contributed by atoms with Crippen LogP contribution in [0.25, 0.3) is 0 Å². The third kappa shape index (κ3) is 3.11. The van der Waals surface area contributed by atoms with Crippen molar-refractivity contribution >= 4 is 11.3 Å². The number of ether oxygens (including phenoxy) is 1. The molecule has 1 atom stereocenters. The molecule has 19 heavy (non-hydrogen) atoms. The van der Waals surface area contributed by atoms with E-state index in [2.05, 4.69) is 10.3 Å². The predicted octanol–water partition coefficient (Wildman–Crippen LogP) is 3.10. The van der Waals surface area contributed by atoms with Crippen LogP contribution in [-0.2, 0) is 6.42 Å². The maximum absolute atomic E-state index is 14.1. The van der Waals surface area contributed by atoms with Crippen molar-refractivity contribution in [2.45, 2.75) is 19.4 Å². The van der Waals surface area contributed by atoms with Gasteiger partial charge >= 0.3 is 0 Å². The van der Waals surface area contributed by atoms with Gasteiger partial charge < -0.3 is 10.1 Å². The normalized spacial score (nSPS) is 12.4. The third-order valence-electron chi connectivity index (χ3n) is 3.02. The fraction of sp³-hybridized carbons (Fsp3) is 0.357. The highest BCUT2D eigenvalue weighted by Crippen LogP contribution is 2.27. The first-order valence-electron chi connectivity index (χ1n) is 6.06. The number of thiazole rings is 1. The van der Waals surface area contributed by atoms with Crippen molar-refractivity contribution in [3.8, 4) is 5.75 Å². The molecule has 1 N–H and O–H groups in total. The quantitative estimate of drug-likeness (QED) is 0.914. The summed E-state index contributed by atoms with van der Waals surface area (Å²) in [5.74, 6) is -0.000625. The van der Waals surface area contributed by atoms with Gasteiger partial charge in [-0.05, 0) is 32.0 Å². The van der Waals surface area contributed by atoms with E-state index >= 15 is 0 Å². The van der Waals surface area contributed by atoms with Gasteiger partial charge in [0.2, 0.25) is 0 Å². The van der Waals surface area contributed by atoms with Crippen molar-refractivity contribution in [1.82, 2.24) is 10.3 Å². The van der Waals surface area contributed by atoms with E-state index < -0.39 is 0 Å².